The summed E-state index contributed by atoms with van der Waals surface area (Å²) in [5.41, 5.74) is 2.71. The highest BCUT2D eigenvalue weighted by Gasteiger charge is 2.22. The molecule has 2 aromatic carbocycles. The third-order valence-corrected chi connectivity index (χ3v) is 4.55. The number of ether oxygens (including phenoxy) is 2. The Hall–Kier alpha value is -3.21. The molecule has 5 heteroatoms. The molecule has 0 aliphatic carbocycles. The van der Waals surface area contributed by atoms with Crippen LogP contribution in [0.25, 0.3) is 17.0 Å². The van der Waals surface area contributed by atoms with Crippen LogP contribution in [-0.2, 0) is 0 Å². The molecule has 5 nitrogen and oxygen atoms in total. The lowest BCUT2D eigenvalue weighted by Gasteiger charge is -2.12. The zero-order valence-electron chi connectivity index (χ0n) is 16.2. The average Bonchev–Trinajstić information content (AvgIpc) is 3.04. The number of furan rings is 1. The fourth-order valence-electron chi connectivity index (χ4n) is 2.76. The first-order valence-electron chi connectivity index (χ1n) is 8.59. The highest BCUT2D eigenvalue weighted by Crippen LogP contribution is 2.33. The summed E-state index contributed by atoms with van der Waals surface area (Å²) < 4.78 is 16.5. The van der Waals surface area contributed by atoms with Gasteiger partial charge in [-0.2, -0.15) is 0 Å². The van der Waals surface area contributed by atoms with Gasteiger partial charge >= 0.3 is 0 Å². The van der Waals surface area contributed by atoms with E-state index in [9.17, 15) is 4.79 Å². The van der Waals surface area contributed by atoms with Gasteiger partial charge in [0, 0.05) is 36.8 Å². The zero-order valence-corrected chi connectivity index (χ0v) is 16.2. The van der Waals surface area contributed by atoms with Crippen LogP contribution in [-0.4, -0.2) is 39.0 Å². The summed E-state index contributed by atoms with van der Waals surface area (Å²) in [4.78, 5) is 15.3. The number of fused-ring (bicyclic) bond motifs is 1. The van der Waals surface area contributed by atoms with E-state index in [4.69, 9.17) is 13.9 Å². The van der Waals surface area contributed by atoms with Gasteiger partial charge in [0.25, 0.3) is 0 Å². The molecule has 27 heavy (non-hydrogen) atoms. The maximum atomic E-state index is 13.3. The van der Waals surface area contributed by atoms with Crippen molar-refractivity contribution in [3.8, 4) is 11.5 Å². The van der Waals surface area contributed by atoms with Crippen LogP contribution in [0.1, 0.15) is 28.6 Å². The first-order chi connectivity index (χ1) is 12.9. The number of benzene rings is 2. The summed E-state index contributed by atoms with van der Waals surface area (Å²) in [5, 5.41) is 0.730. The minimum atomic E-state index is -0.109. The van der Waals surface area contributed by atoms with Crippen molar-refractivity contribution in [2.45, 2.75) is 6.92 Å². The summed E-state index contributed by atoms with van der Waals surface area (Å²) in [6.07, 6.45) is 1.88. The maximum absolute atomic E-state index is 13.3. The van der Waals surface area contributed by atoms with E-state index in [0.29, 0.717) is 34.0 Å². The average molecular weight is 365 g/mol. The normalized spacial score (nSPS) is 11.5. The Morgan fingerprint density at radius 2 is 1.63 bits per heavy atom. The third kappa shape index (κ3) is 3.67. The Balaban J connectivity index is 2.20. The van der Waals surface area contributed by atoms with Crippen molar-refractivity contribution in [2.75, 3.05) is 28.3 Å². The molecule has 0 saturated carbocycles. The fraction of sp³-hybridized carbons (Fsp3) is 0.227. The minimum Gasteiger partial charge on any atom is -0.497 e. The maximum Gasteiger partial charge on any atom is 0.197 e. The van der Waals surface area contributed by atoms with E-state index >= 15 is 0 Å². The molecule has 0 aliphatic rings. The van der Waals surface area contributed by atoms with E-state index in [1.807, 2.05) is 50.2 Å². The molecule has 0 atom stereocenters. The molecule has 1 heterocycles. The molecule has 0 unspecified atom stereocenters. The number of carbonyl (C=O) groups excluding carboxylic acids is 1. The molecule has 0 fully saturated rings. The van der Waals surface area contributed by atoms with Gasteiger partial charge in [-0.25, -0.2) is 0 Å². The van der Waals surface area contributed by atoms with E-state index in [1.54, 1.807) is 38.5 Å². The predicted molar refractivity (Wildman–Crippen MR) is 107 cm³/mol. The lowest BCUT2D eigenvalue weighted by Crippen LogP contribution is -2.08. The smallest absolute Gasteiger partial charge is 0.197 e. The second kappa shape index (κ2) is 7.58. The fourth-order valence-corrected chi connectivity index (χ4v) is 2.76. The van der Waals surface area contributed by atoms with Gasteiger partial charge in [-0.05, 0) is 49.4 Å². The van der Waals surface area contributed by atoms with Crippen molar-refractivity contribution in [3.05, 3.63) is 65.0 Å². The van der Waals surface area contributed by atoms with Crippen molar-refractivity contribution in [1.82, 2.24) is 4.90 Å². The Kier molecular flexibility index (Phi) is 5.21. The van der Waals surface area contributed by atoms with Crippen molar-refractivity contribution < 1.29 is 18.7 Å². The minimum absolute atomic E-state index is 0.109. The molecule has 3 rings (SSSR count). The second-order valence-electron chi connectivity index (χ2n) is 6.44. The molecule has 0 amide bonds. The summed E-state index contributed by atoms with van der Waals surface area (Å²) in [7, 11) is 7.09. The molecule has 0 spiro atoms. The van der Waals surface area contributed by atoms with Crippen LogP contribution in [0.2, 0.25) is 0 Å². The largest absolute Gasteiger partial charge is 0.497 e. The second-order valence-corrected chi connectivity index (χ2v) is 6.44. The van der Waals surface area contributed by atoms with Gasteiger partial charge < -0.3 is 18.8 Å². The number of allylic oxidation sites excluding steroid dienone is 1. The Bertz CT molecular complexity index is 997. The lowest BCUT2D eigenvalue weighted by molar-refractivity contribution is 0.103. The molecule has 3 aromatic rings. The Morgan fingerprint density at radius 1 is 1.00 bits per heavy atom. The van der Waals surface area contributed by atoms with Crippen LogP contribution in [0.3, 0.4) is 0 Å². The number of methoxy groups -OCH3 is 2. The Labute approximate surface area is 158 Å². The van der Waals surface area contributed by atoms with E-state index < -0.39 is 0 Å². The topological polar surface area (TPSA) is 51.9 Å². The monoisotopic (exact) mass is 365 g/mol. The quantitative estimate of drug-likeness (QED) is 0.598. The SMILES string of the molecule is COc1ccc(C(=O)c2c(/C=C(\C)N(C)C)oc3ccc(OC)cc23)cc1. The zero-order chi connectivity index (χ0) is 19.6. The van der Waals surface area contributed by atoms with Crippen LogP contribution < -0.4 is 9.47 Å². The predicted octanol–water partition coefficient (Wildman–Crippen LogP) is 4.60. The van der Waals surface area contributed by atoms with Gasteiger partial charge in [0.1, 0.15) is 22.8 Å². The summed E-state index contributed by atoms with van der Waals surface area (Å²) in [6, 6.07) is 12.5. The van der Waals surface area contributed by atoms with Crippen molar-refractivity contribution in [2.24, 2.45) is 0 Å². The van der Waals surface area contributed by atoms with Crippen molar-refractivity contribution in [1.29, 1.82) is 0 Å². The highest BCUT2D eigenvalue weighted by molar-refractivity contribution is 6.18. The van der Waals surface area contributed by atoms with Gasteiger partial charge in [0.05, 0.1) is 19.8 Å². The number of ketones is 1. The molecule has 0 saturated heterocycles. The molecule has 0 radical (unpaired) electrons. The summed E-state index contributed by atoms with van der Waals surface area (Å²) >= 11 is 0. The van der Waals surface area contributed by atoms with E-state index in [0.717, 1.165) is 11.1 Å². The van der Waals surface area contributed by atoms with Crippen LogP contribution in [0.5, 0.6) is 11.5 Å². The lowest BCUT2D eigenvalue weighted by atomic mass is 9.99. The molecular formula is C22H23NO4. The number of nitrogens with zero attached hydrogens (tertiary/aromatic N) is 1. The summed E-state index contributed by atoms with van der Waals surface area (Å²) in [5.74, 6) is 1.80. The number of rotatable bonds is 6. The Morgan fingerprint density at radius 3 is 2.22 bits per heavy atom. The van der Waals surface area contributed by atoms with E-state index in [2.05, 4.69) is 0 Å². The molecule has 1 aromatic heterocycles. The van der Waals surface area contributed by atoms with Crippen LogP contribution in [0, 0.1) is 0 Å². The van der Waals surface area contributed by atoms with Crippen LogP contribution >= 0.6 is 0 Å². The van der Waals surface area contributed by atoms with Gasteiger partial charge in [-0.15, -0.1) is 0 Å². The molecule has 140 valence electrons. The first kappa shape index (κ1) is 18.6. The van der Waals surface area contributed by atoms with Gasteiger partial charge in [0.15, 0.2) is 5.78 Å². The van der Waals surface area contributed by atoms with Crippen molar-refractivity contribution >= 4 is 22.8 Å². The van der Waals surface area contributed by atoms with E-state index in [-0.39, 0.29) is 5.78 Å². The van der Waals surface area contributed by atoms with Gasteiger partial charge in [-0.1, -0.05) is 0 Å². The van der Waals surface area contributed by atoms with Gasteiger partial charge in [-0.3, -0.25) is 4.79 Å². The highest BCUT2D eigenvalue weighted by atomic mass is 16.5. The van der Waals surface area contributed by atoms with Crippen molar-refractivity contribution in [3.63, 3.8) is 0 Å². The molecule has 0 aliphatic heterocycles. The molecular weight excluding hydrogens is 342 g/mol. The molecule has 0 N–H and O–H groups in total. The number of hydrogen-bond acceptors (Lipinski definition) is 5. The standard InChI is InChI=1S/C22H23NO4/c1-14(23(2)3)12-20-21(18-13-17(26-5)10-11-19(18)27-20)22(24)15-6-8-16(25-4)9-7-15/h6-13H,1-5H3/b14-12+. The first-order valence-corrected chi connectivity index (χ1v) is 8.59. The summed E-state index contributed by atoms with van der Waals surface area (Å²) in [6.45, 7) is 1.97. The van der Waals surface area contributed by atoms with Gasteiger partial charge in [0.2, 0.25) is 0 Å². The third-order valence-electron chi connectivity index (χ3n) is 4.55. The number of hydrogen-bond donors (Lipinski definition) is 0. The molecule has 0 bridgehead atoms. The van der Waals surface area contributed by atoms with E-state index in [1.165, 1.54) is 0 Å². The number of carbonyl (C=O) groups is 1. The van der Waals surface area contributed by atoms with Crippen LogP contribution in [0.4, 0.5) is 0 Å². The van der Waals surface area contributed by atoms with Crippen LogP contribution in [0.15, 0.2) is 52.6 Å².